The summed E-state index contributed by atoms with van der Waals surface area (Å²) in [5.41, 5.74) is 1.08. The van der Waals surface area contributed by atoms with E-state index < -0.39 is 0 Å². The number of rotatable bonds is 3. The van der Waals surface area contributed by atoms with Gasteiger partial charge in [0.15, 0.2) is 0 Å². The van der Waals surface area contributed by atoms with Gasteiger partial charge >= 0.3 is 0 Å². The molecule has 3 rings (SSSR count). The van der Waals surface area contributed by atoms with E-state index in [9.17, 15) is 9.59 Å². The number of aromatic nitrogens is 2. The van der Waals surface area contributed by atoms with Crippen molar-refractivity contribution >= 4 is 12.2 Å². The lowest BCUT2D eigenvalue weighted by atomic mass is 10.2. The SMILES string of the molecule is COc1ccc(C=c2c(=O)[nH]c(=Cc3ccccc3)c(=O)n2C)cc1. The molecule has 0 unspecified atom stereocenters. The molecule has 0 aliphatic carbocycles. The van der Waals surface area contributed by atoms with Crippen molar-refractivity contribution in [2.24, 2.45) is 7.05 Å². The maximum absolute atomic E-state index is 12.6. The standard InChI is InChI=1S/C20H18N2O3/c1-22-18(13-15-8-10-16(25-2)11-9-15)19(23)21-17(20(22)24)12-14-6-4-3-5-7-14/h3-13H,1-2H3,(H,21,23). The molecule has 2 aromatic carbocycles. The van der Waals surface area contributed by atoms with Crippen LogP contribution in [-0.4, -0.2) is 16.7 Å². The molecule has 5 heteroatoms. The summed E-state index contributed by atoms with van der Waals surface area (Å²) in [7, 11) is 3.18. The molecule has 0 bridgehead atoms. The highest BCUT2D eigenvalue weighted by atomic mass is 16.5. The molecule has 0 aliphatic heterocycles. The average molecular weight is 334 g/mol. The summed E-state index contributed by atoms with van der Waals surface area (Å²) in [6.07, 6.45) is 3.34. The number of hydrogen-bond acceptors (Lipinski definition) is 3. The lowest BCUT2D eigenvalue weighted by Gasteiger charge is -2.01. The maximum Gasteiger partial charge on any atom is 0.274 e. The van der Waals surface area contributed by atoms with Crippen LogP contribution in [0.2, 0.25) is 0 Å². The van der Waals surface area contributed by atoms with Crippen LogP contribution in [0, 0.1) is 0 Å². The number of nitrogens with one attached hydrogen (secondary N) is 1. The van der Waals surface area contributed by atoms with Gasteiger partial charge in [-0.05, 0) is 35.4 Å². The second kappa shape index (κ2) is 7.05. The highest BCUT2D eigenvalue weighted by Crippen LogP contribution is 2.11. The van der Waals surface area contributed by atoms with Gasteiger partial charge in [0, 0.05) is 7.05 Å². The van der Waals surface area contributed by atoms with Crippen molar-refractivity contribution in [1.29, 1.82) is 0 Å². The Morgan fingerprint density at radius 2 is 1.56 bits per heavy atom. The van der Waals surface area contributed by atoms with Crippen LogP contribution < -0.4 is 26.6 Å². The van der Waals surface area contributed by atoms with Crippen molar-refractivity contribution in [1.82, 2.24) is 9.55 Å². The third-order valence-electron chi connectivity index (χ3n) is 3.91. The maximum atomic E-state index is 12.6. The lowest BCUT2D eigenvalue weighted by molar-refractivity contribution is 0.415. The van der Waals surface area contributed by atoms with E-state index in [0.29, 0.717) is 5.35 Å². The molecular weight excluding hydrogens is 316 g/mol. The zero-order valence-corrected chi connectivity index (χ0v) is 14.0. The van der Waals surface area contributed by atoms with E-state index >= 15 is 0 Å². The van der Waals surface area contributed by atoms with E-state index in [1.165, 1.54) is 4.57 Å². The Kier molecular flexibility index (Phi) is 4.66. The van der Waals surface area contributed by atoms with Crippen molar-refractivity contribution in [3.8, 4) is 5.75 Å². The summed E-state index contributed by atoms with van der Waals surface area (Å²) in [4.78, 5) is 27.7. The summed E-state index contributed by atoms with van der Waals surface area (Å²) >= 11 is 0. The summed E-state index contributed by atoms with van der Waals surface area (Å²) in [5.74, 6) is 0.729. The van der Waals surface area contributed by atoms with E-state index in [4.69, 9.17) is 4.74 Å². The quantitative estimate of drug-likeness (QED) is 0.768. The first kappa shape index (κ1) is 16.5. The molecule has 0 saturated heterocycles. The Morgan fingerprint density at radius 1 is 0.920 bits per heavy atom. The van der Waals surface area contributed by atoms with Crippen LogP contribution in [0.1, 0.15) is 11.1 Å². The number of nitrogens with zero attached hydrogens (tertiary/aromatic N) is 1. The summed E-state index contributed by atoms with van der Waals surface area (Å²) in [5, 5.41) is 0.547. The normalized spacial score (nSPS) is 12.4. The molecule has 1 heterocycles. The van der Waals surface area contributed by atoms with E-state index in [1.807, 2.05) is 42.5 Å². The predicted molar refractivity (Wildman–Crippen MR) is 98.1 cm³/mol. The Balaban J connectivity index is 2.16. The molecule has 0 radical (unpaired) electrons. The molecule has 0 aliphatic rings. The van der Waals surface area contributed by atoms with Crippen LogP contribution in [0.3, 0.4) is 0 Å². The highest BCUT2D eigenvalue weighted by Gasteiger charge is 2.02. The van der Waals surface area contributed by atoms with E-state index in [-0.39, 0.29) is 16.5 Å². The number of benzene rings is 2. The van der Waals surface area contributed by atoms with E-state index in [0.717, 1.165) is 16.9 Å². The smallest absolute Gasteiger partial charge is 0.274 e. The number of hydrogen-bond donors (Lipinski definition) is 1. The predicted octanol–water partition coefficient (Wildman–Crippen LogP) is 0.740. The molecule has 3 aromatic rings. The van der Waals surface area contributed by atoms with Gasteiger partial charge in [0.25, 0.3) is 11.1 Å². The second-order valence-corrected chi connectivity index (χ2v) is 5.59. The van der Waals surface area contributed by atoms with Gasteiger partial charge in [-0.3, -0.25) is 9.59 Å². The van der Waals surface area contributed by atoms with Crippen LogP contribution in [0.15, 0.2) is 64.2 Å². The minimum Gasteiger partial charge on any atom is -0.497 e. The molecule has 0 amide bonds. The topological polar surface area (TPSA) is 64.1 Å². The van der Waals surface area contributed by atoms with Crippen LogP contribution in [0.25, 0.3) is 12.2 Å². The van der Waals surface area contributed by atoms with Crippen molar-refractivity contribution in [2.45, 2.75) is 0 Å². The molecule has 0 saturated carbocycles. The first-order valence-corrected chi connectivity index (χ1v) is 7.80. The van der Waals surface area contributed by atoms with Gasteiger partial charge in [-0.25, -0.2) is 0 Å². The van der Waals surface area contributed by atoms with Crippen molar-refractivity contribution < 1.29 is 4.74 Å². The minimum absolute atomic E-state index is 0.255. The Hall–Kier alpha value is -3.34. The fourth-order valence-corrected chi connectivity index (χ4v) is 2.52. The van der Waals surface area contributed by atoms with Gasteiger partial charge in [0.05, 0.1) is 7.11 Å². The molecule has 1 aromatic heterocycles. The van der Waals surface area contributed by atoms with E-state index in [2.05, 4.69) is 4.98 Å². The largest absolute Gasteiger partial charge is 0.497 e. The zero-order valence-electron chi connectivity index (χ0n) is 14.0. The minimum atomic E-state index is -0.319. The number of ether oxygens (including phenoxy) is 1. The molecule has 25 heavy (non-hydrogen) atoms. The monoisotopic (exact) mass is 334 g/mol. The van der Waals surface area contributed by atoms with E-state index in [1.54, 1.807) is 38.4 Å². The molecule has 1 N–H and O–H groups in total. The molecule has 0 fully saturated rings. The van der Waals surface area contributed by atoms with Gasteiger partial charge in [-0.15, -0.1) is 0 Å². The van der Waals surface area contributed by atoms with Gasteiger partial charge in [-0.1, -0.05) is 42.5 Å². The molecular formula is C20H18N2O3. The van der Waals surface area contributed by atoms with Gasteiger partial charge in [0.2, 0.25) is 0 Å². The van der Waals surface area contributed by atoms with Gasteiger partial charge in [-0.2, -0.15) is 0 Å². The van der Waals surface area contributed by atoms with Crippen LogP contribution in [0.4, 0.5) is 0 Å². The summed E-state index contributed by atoms with van der Waals surface area (Å²) in [6.45, 7) is 0. The third-order valence-corrected chi connectivity index (χ3v) is 3.91. The number of methoxy groups -OCH3 is 1. The van der Waals surface area contributed by atoms with Crippen molar-refractivity contribution in [3.63, 3.8) is 0 Å². The molecule has 5 nitrogen and oxygen atoms in total. The lowest BCUT2D eigenvalue weighted by Crippen LogP contribution is -2.52. The number of aromatic amines is 1. The zero-order chi connectivity index (χ0) is 17.8. The first-order valence-electron chi connectivity index (χ1n) is 7.80. The average Bonchev–Trinajstić information content (AvgIpc) is 2.64. The highest BCUT2D eigenvalue weighted by molar-refractivity contribution is 5.50. The van der Waals surface area contributed by atoms with Crippen molar-refractivity contribution in [2.75, 3.05) is 7.11 Å². The molecule has 0 atom stereocenters. The Bertz CT molecular complexity index is 1110. The van der Waals surface area contributed by atoms with Gasteiger partial charge in [0.1, 0.15) is 16.4 Å². The summed E-state index contributed by atoms with van der Waals surface area (Å²) < 4.78 is 6.48. The second-order valence-electron chi connectivity index (χ2n) is 5.59. The fraction of sp³-hybridized carbons (Fsp3) is 0.100. The van der Waals surface area contributed by atoms with Crippen LogP contribution >= 0.6 is 0 Å². The first-order chi connectivity index (χ1) is 12.1. The molecule has 0 spiro atoms. The Labute approximate surface area is 144 Å². The summed E-state index contributed by atoms with van der Waals surface area (Å²) in [6, 6.07) is 16.6. The Morgan fingerprint density at radius 3 is 2.20 bits per heavy atom. The fourth-order valence-electron chi connectivity index (χ4n) is 2.52. The third kappa shape index (κ3) is 3.61. The number of H-pyrrole nitrogens is 1. The van der Waals surface area contributed by atoms with Crippen LogP contribution in [-0.2, 0) is 7.05 Å². The molecule has 126 valence electrons. The van der Waals surface area contributed by atoms with Crippen molar-refractivity contribution in [3.05, 3.63) is 97.1 Å². The van der Waals surface area contributed by atoms with Gasteiger partial charge < -0.3 is 14.3 Å². The van der Waals surface area contributed by atoms with Crippen LogP contribution in [0.5, 0.6) is 5.75 Å².